The van der Waals surface area contributed by atoms with Crippen molar-refractivity contribution >= 4 is 17.8 Å². The average Bonchev–Trinajstić information content (AvgIpc) is 2.52. The second-order valence-corrected chi connectivity index (χ2v) is 5.87. The lowest BCUT2D eigenvalue weighted by atomic mass is 9.94. The van der Waals surface area contributed by atoms with Gasteiger partial charge in [-0.15, -0.1) is 0 Å². The molecule has 1 aromatic heterocycles. The molecule has 0 amide bonds. The molecule has 1 aromatic carbocycles. The number of H-pyrrole nitrogens is 1. The monoisotopic (exact) mass is 361 g/mol. The molecule has 0 aliphatic heterocycles. The van der Waals surface area contributed by atoms with E-state index >= 15 is 0 Å². The molecule has 9 nitrogen and oxygen atoms in total. The van der Waals surface area contributed by atoms with Gasteiger partial charge in [0.2, 0.25) is 0 Å². The molecule has 9 heteroatoms. The van der Waals surface area contributed by atoms with E-state index in [1.54, 1.807) is 12.1 Å². The van der Waals surface area contributed by atoms with Crippen LogP contribution in [0.3, 0.4) is 0 Å². The molecule has 0 bridgehead atoms. The van der Waals surface area contributed by atoms with E-state index in [9.17, 15) is 24.6 Å². The van der Waals surface area contributed by atoms with Gasteiger partial charge < -0.3 is 30.6 Å². The van der Waals surface area contributed by atoms with Crippen molar-refractivity contribution in [1.29, 1.82) is 0 Å². The number of ether oxygens (including phenoxy) is 1. The summed E-state index contributed by atoms with van der Waals surface area (Å²) in [4.78, 5) is 39.3. The Morgan fingerprint density at radius 2 is 1.81 bits per heavy atom. The molecule has 5 N–H and O–H groups in total. The number of carbonyl (C=O) groups is 2. The average molecular weight is 361 g/mol. The van der Waals surface area contributed by atoms with Gasteiger partial charge in [-0.3, -0.25) is 4.79 Å². The summed E-state index contributed by atoms with van der Waals surface area (Å²) in [5, 5.41) is 18.9. The van der Waals surface area contributed by atoms with Crippen molar-refractivity contribution in [3.63, 3.8) is 0 Å². The van der Waals surface area contributed by atoms with Crippen LogP contribution < -0.4 is 16.0 Å². The first-order valence-corrected chi connectivity index (χ1v) is 7.51. The summed E-state index contributed by atoms with van der Waals surface area (Å²) in [5.74, 6) is -2.85. The maximum atomic E-state index is 12.1. The predicted molar refractivity (Wildman–Crippen MR) is 94.8 cm³/mol. The molecular formula is C17H19N3O6. The number of methoxy groups -OCH3 is 1. The summed E-state index contributed by atoms with van der Waals surface area (Å²) in [7, 11) is 5.16. The van der Waals surface area contributed by atoms with E-state index in [4.69, 9.17) is 10.5 Å². The van der Waals surface area contributed by atoms with Crippen LogP contribution in [0.25, 0.3) is 11.1 Å². The molecule has 0 saturated heterocycles. The molecule has 0 unspecified atom stereocenters. The maximum Gasteiger partial charge on any atom is 0.342 e. The van der Waals surface area contributed by atoms with Crippen molar-refractivity contribution in [2.45, 2.75) is 6.54 Å². The Bertz CT molecular complexity index is 933. The van der Waals surface area contributed by atoms with Crippen LogP contribution in [0.4, 0.5) is 5.82 Å². The highest BCUT2D eigenvalue weighted by Crippen LogP contribution is 2.32. The lowest BCUT2D eigenvalue weighted by Crippen LogP contribution is -2.24. The van der Waals surface area contributed by atoms with Gasteiger partial charge in [-0.2, -0.15) is 0 Å². The third kappa shape index (κ3) is 3.52. The van der Waals surface area contributed by atoms with Crippen LogP contribution in [0.15, 0.2) is 23.0 Å². The first-order valence-electron chi connectivity index (χ1n) is 7.51. The summed E-state index contributed by atoms with van der Waals surface area (Å²) in [6, 6.07) is 4.67. The van der Waals surface area contributed by atoms with Gasteiger partial charge in [0.1, 0.15) is 22.7 Å². The summed E-state index contributed by atoms with van der Waals surface area (Å²) >= 11 is 0. The highest BCUT2D eigenvalue weighted by atomic mass is 16.5. The normalized spacial score (nSPS) is 10.8. The summed E-state index contributed by atoms with van der Waals surface area (Å²) in [6.07, 6.45) is 0. The maximum absolute atomic E-state index is 12.1. The molecule has 26 heavy (non-hydrogen) atoms. The molecule has 2 aromatic rings. The number of benzene rings is 1. The van der Waals surface area contributed by atoms with Crippen LogP contribution in [-0.2, 0) is 6.54 Å². The minimum atomic E-state index is -1.55. The van der Waals surface area contributed by atoms with Gasteiger partial charge in [-0.1, -0.05) is 6.07 Å². The molecule has 0 spiro atoms. The Hall–Kier alpha value is -3.33. The van der Waals surface area contributed by atoms with Crippen LogP contribution in [0.1, 0.15) is 26.3 Å². The molecule has 0 radical (unpaired) electrons. The number of nitrogen functional groups attached to an aromatic ring is 1. The van der Waals surface area contributed by atoms with Crippen LogP contribution in [0.2, 0.25) is 0 Å². The fourth-order valence-corrected chi connectivity index (χ4v) is 2.73. The lowest BCUT2D eigenvalue weighted by Gasteiger charge is -2.17. The first kappa shape index (κ1) is 19.0. The van der Waals surface area contributed by atoms with Crippen LogP contribution in [0, 0.1) is 0 Å². The number of hydrogen-bond acceptors (Lipinski definition) is 6. The predicted octanol–water partition coefficient (Wildman–Crippen LogP) is 1.09. The van der Waals surface area contributed by atoms with E-state index in [0.717, 1.165) is 0 Å². The molecule has 0 aliphatic carbocycles. The van der Waals surface area contributed by atoms with Gasteiger partial charge in [-0.25, -0.2) is 9.59 Å². The zero-order chi connectivity index (χ0) is 19.6. The number of hydrogen-bond donors (Lipinski definition) is 4. The Morgan fingerprint density at radius 1 is 1.19 bits per heavy atom. The van der Waals surface area contributed by atoms with E-state index in [2.05, 4.69) is 4.98 Å². The number of carboxylic acids is 2. The van der Waals surface area contributed by atoms with Gasteiger partial charge in [0.15, 0.2) is 0 Å². The van der Waals surface area contributed by atoms with Crippen LogP contribution in [0.5, 0.6) is 5.75 Å². The molecule has 2 rings (SSSR count). The van der Waals surface area contributed by atoms with Crippen molar-refractivity contribution in [2.75, 3.05) is 26.9 Å². The summed E-state index contributed by atoms with van der Waals surface area (Å²) in [6.45, 7) is 0.459. The van der Waals surface area contributed by atoms with Gasteiger partial charge >= 0.3 is 11.9 Å². The first-order chi connectivity index (χ1) is 12.2. The Kier molecular flexibility index (Phi) is 5.32. The lowest BCUT2D eigenvalue weighted by molar-refractivity contribution is 0.0695. The Balaban J connectivity index is 2.88. The fraction of sp³-hybridized carbons (Fsp3) is 0.235. The number of aromatic carboxylic acids is 2. The van der Waals surface area contributed by atoms with E-state index in [0.29, 0.717) is 17.9 Å². The largest absolute Gasteiger partial charge is 0.496 e. The van der Waals surface area contributed by atoms with Crippen LogP contribution in [-0.4, -0.2) is 53.2 Å². The van der Waals surface area contributed by atoms with Crippen molar-refractivity contribution in [3.05, 3.63) is 45.2 Å². The molecule has 0 saturated carbocycles. The topological polar surface area (TPSA) is 146 Å². The smallest absolute Gasteiger partial charge is 0.342 e. The number of pyridine rings is 1. The van der Waals surface area contributed by atoms with Crippen molar-refractivity contribution in [2.24, 2.45) is 0 Å². The van der Waals surface area contributed by atoms with Crippen molar-refractivity contribution < 1.29 is 24.5 Å². The second kappa shape index (κ2) is 7.28. The quantitative estimate of drug-likeness (QED) is 0.598. The fourth-order valence-electron chi connectivity index (χ4n) is 2.73. The van der Waals surface area contributed by atoms with Crippen molar-refractivity contribution in [3.8, 4) is 16.9 Å². The highest BCUT2D eigenvalue weighted by Gasteiger charge is 2.27. The minimum Gasteiger partial charge on any atom is -0.496 e. The summed E-state index contributed by atoms with van der Waals surface area (Å²) < 4.78 is 5.29. The van der Waals surface area contributed by atoms with Gasteiger partial charge in [-0.05, 0) is 31.8 Å². The third-order valence-corrected chi connectivity index (χ3v) is 3.73. The minimum absolute atomic E-state index is 0.242. The van der Waals surface area contributed by atoms with Gasteiger partial charge in [0.05, 0.1) is 7.11 Å². The zero-order valence-corrected chi connectivity index (χ0v) is 14.5. The van der Waals surface area contributed by atoms with E-state index in [-0.39, 0.29) is 11.1 Å². The van der Waals surface area contributed by atoms with Gasteiger partial charge in [0, 0.05) is 17.7 Å². The van der Waals surface area contributed by atoms with E-state index < -0.39 is 34.4 Å². The van der Waals surface area contributed by atoms with Gasteiger partial charge in [0.25, 0.3) is 5.56 Å². The number of aromatic amines is 1. The number of carboxylic acid groups (broad SMARTS) is 2. The molecule has 1 heterocycles. The Morgan fingerprint density at radius 3 is 2.31 bits per heavy atom. The SMILES string of the molecule is COc1ccc(-c2c(C(=O)O)c(N)[nH]c(=O)c2C(=O)O)cc1CN(C)C. The number of anilines is 1. The van der Waals surface area contributed by atoms with Crippen molar-refractivity contribution in [1.82, 2.24) is 9.88 Å². The second-order valence-electron chi connectivity index (χ2n) is 5.87. The molecule has 0 fully saturated rings. The number of nitrogens with two attached hydrogens (primary N) is 1. The zero-order valence-electron chi connectivity index (χ0n) is 14.5. The number of aromatic nitrogens is 1. The number of rotatable bonds is 6. The molecular weight excluding hydrogens is 342 g/mol. The van der Waals surface area contributed by atoms with E-state index in [1.807, 2.05) is 19.0 Å². The highest BCUT2D eigenvalue weighted by molar-refractivity contribution is 6.07. The third-order valence-electron chi connectivity index (χ3n) is 3.73. The van der Waals surface area contributed by atoms with E-state index in [1.165, 1.54) is 13.2 Å². The molecule has 0 aliphatic rings. The number of nitrogens with zero attached hydrogens (tertiary/aromatic N) is 1. The standard InChI is InChI=1S/C17H19N3O6/c1-20(2)7-9-6-8(4-5-10(9)26-3)11-12(16(22)23)14(18)19-15(21)13(11)17(24)25/h4-6H,7H2,1-3H3,(H,22,23)(H,24,25)(H3,18,19,21). The van der Waals surface area contributed by atoms with Crippen LogP contribution >= 0.6 is 0 Å². The summed E-state index contributed by atoms with van der Waals surface area (Å²) in [5.41, 5.74) is 4.22. The molecule has 0 atom stereocenters. The molecule has 138 valence electrons. The number of nitrogens with one attached hydrogen (secondary N) is 1. The Labute approximate surface area is 148 Å².